The summed E-state index contributed by atoms with van der Waals surface area (Å²) < 4.78 is 2.04. The lowest BCUT2D eigenvalue weighted by atomic mass is 10.4. The lowest BCUT2D eigenvalue weighted by Crippen LogP contribution is -2.08. The van der Waals surface area contributed by atoms with Crippen molar-refractivity contribution in [2.45, 2.75) is 19.8 Å². The van der Waals surface area contributed by atoms with E-state index in [9.17, 15) is 0 Å². The summed E-state index contributed by atoms with van der Waals surface area (Å²) in [5, 5.41) is 6.42. The quantitative estimate of drug-likeness (QED) is 0.864. The Morgan fingerprint density at radius 3 is 3.00 bits per heavy atom. The molecule has 0 fully saturated rings. The molecule has 0 saturated heterocycles. The molecule has 1 N–H and O–H groups in total. The molecule has 16 heavy (non-hydrogen) atoms. The number of rotatable bonds is 5. The Labute approximate surface area is 99.4 Å². The Bertz CT molecular complexity index is 446. The first-order valence-corrected chi connectivity index (χ1v) is 6.32. The summed E-state index contributed by atoms with van der Waals surface area (Å²) in [4.78, 5) is 8.72. The number of nitrogens with one attached hydrogen (secondary N) is 1. The van der Waals surface area contributed by atoms with Gasteiger partial charge in [0.2, 0.25) is 0 Å². The van der Waals surface area contributed by atoms with Gasteiger partial charge in [-0.3, -0.25) is 0 Å². The smallest absolute Gasteiger partial charge is 0.182 e. The summed E-state index contributed by atoms with van der Waals surface area (Å²) >= 11 is 1.67. The molecule has 2 aromatic heterocycles. The molecule has 0 spiro atoms. The SMILES string of the molecule is CCc1csc(NCCc2nccn2C)n1. The molecular formula is C11H16N4S. The fraction of sp³-hybridized carbons (Fsp3) is 0.455. The fourth-order valence-electron chi connectivity index (χ4n) is 1.47. The highest BCUT2D eigenvalue weighted by atomic mass is 32.1. The van der Waals surface area contributed by atoms with Gasteiger partial charge in [-0.05, 0) is 6.42 Å². The highest BCUT2D eigenvalue weighted by Crippen LogP contribution is 2.15. The summed E-state index contributed by atoms with van der Waals surface area (Å²) in [6, 6.07) is 0. The Morgan fingerprint density at radius 1 is 1.50 bits per heavy atom. The Kier molecular flexibility index (Phi) is 3.56. The number of hydrogen-bond acceptors (Lipinski definition) is 4. The number of aryl methyl sites for hydroxylation is 2. The Balaban J connectivity index is 1.82. The summed E-state index contributed by atoms with van der Waals surface area (Å²) in [7, 11) is 2.01. The first-order valence-electron chi connectivity index (χ1n) is 5.44. The van der Waals surface area contributed by atoms with Crippen molar-refractivity contribution in [2.75, 3.05) is 11.9 Å². The van der Waals surface area contributed by atoms with Crippen molar-refractivity contribution in [3.8, 4) is 0 Å². The van der Waals surface area contributed by atoms with Crippen molar-refractivity contribution in [1.29, 1.82) is 0 Å². The van der Waals surface area contributed by atoms with Gasteiger partial charge in [0.05, 0.1) is 5.69 Å². The zero-order chi connectivity index (χ0) is 11.4. The Morgan fingerprint density at radius 2 is 2.38 bits per heavy atom. The fourth-order valence-corrected chi connectivity index (χ4v) is 2.29. The molecule has 0 saturated carbocycles. The third-order valence-electron chi connectivity index (χ3n) is 2.46. The second-order valence-corrected chi connectivity index (χ2v) is 4.49. The topological polar surface area (TPSA) is 42.7 Å². The van der Waals surface area contributed by atoms with E-state index in [1.165, 1.54) is 0 Å². The van der Waals surface area contributed by atoms with Crippen LogP contribution in [0.1, 0.15) is 18.4 Å². The minimum absolute atomic E-state index is 0.877. The molecular weight excluding hydrogens is 220 g/mol. The van der Waals surface area contributed by atoms with Gasteiger partial charge in [0.15, 0.2) is 5.13 Å². The van der Waals surface area contributed by atoms with Crippen LogP contribution in [0.15, 0.2) is 17.8 Å². The first-order chi connectivity index (χ1) is 7.79. The van der Waals surface area contributed by atoms with Crippen LogP contribution in [0.25, 0.3) is 0 Å². The van der Waals surface area contributed by atoms with Gasteiger partial charge in [-0.15, -0.1) is 11.3 Å². The normalized spacial score (nSPS) is 10.6. The minimum atomic E-state index is 0.877. The van der Waals surface area contributed by atoms with Crippen LogP contribution in [0.5, 0.6) is 0 Å². The summed E-state index contributed by atoms with van der Waals surface area (Å²) in [6.07, 6.45) is 5.71. The summed E-state index contributed by atoms with van der Waals surface area (Å²) in [5.74, 6) is 1.10. The molecule has 0 radical (unpaired) electrons. The molecule has 4 nitrogen and oxygen atoms in total. The van der Waals surface area contributed by atoms with E-state index in [0.717, 1.165) is 36.0 Å². The maximum absolute atomic E-state index is 4.45. The number of aromatic nitrogens is 3. The predicted molar refractivity (Wildman–Crippen MR) is 66.9 cm³/mol. The first kappa shape index (κ1) is 11.1. The molecule has 0 aliphatic heterocycles. The van der Waals surface area contributed by atoms with Gasteiger partial charge in [-0.2, -0.15) is 0 Å². The van der Waals surface area contributed by atoms with Gasteiger partial charge < -0.3 is 9.88 Å². The molecule has 2 aromatic rings. The van der Waals surface area contributed by atoms with Gasteiger partial charge in [0, 0.05) is 37.8 Å². The zero-order valence-corrected chi connectivity index (χ0v) is 10.4. The molecule has 2 rings (SSSR count). The van der Waals surface area contributed by atoms with Crippen LogP contribution in [0.3, 0.4) is 0 Å². The lowest BCUT2D eigenvalue weighted by molar-refractivity contribution is 0.789. The highest BCUT2D eigenvalue weighted by Gasteiger charge is 2.01. The van der Waals surface area contributed by atoms with E-state index < -0.39 is 0 Å². The number of imidazole rings is 1. The van der Waals surface area contributed by atoms with Crippen molar-refractivity contribution in [1.82, 2.24) is 14.5 Å². The Hall–Kier alpha value is -1.36. The molecule has 5 heteroatoms. The predicted octanol–water partition coefficient (Wildman–Crippen LogP) is 2.09. The van der Waals surface area contributed by atoms with Crippen molar-refractivity contribution < 1.29 is 0 Å². The highest BCUT2D eigenvalue weighted by molar-refractivity contribution is 7.13. The van der Waals surface area contributed by atoms with Crippen LogP contribution >= 0.6 is 11.3 Å². The van der Waals surface area contributed by atoms with Gasteiger partial charge in [-0.1, -0.05) is 6.92 Å². The van der Waals surface area contributed by atoms with Crippen LogP contribution in [-0.2, 0) is 19.9 Å². The van der Waals surface area contributed by atoms with E-state index in [2.05, 4.69) is 27.6 Å². The van der Waals surface area contributed by atoms with Crippen LogP contribution in [-0.4, -0.2) is 21.1 Å². The molecule has 0 aromatic carbocycles. The molecule has 0 unspecified atom stereocenters. The van der Waals surface area contributed by atoms with Gasteiger partial charge in [0.1, 0.15) is 5.82 Å². The van der Waals surface area contributed by atoms with Crippen molar-refractivity contribution >= 4 is 16.5 Å². The van der Waals surface area contributed by atoms with E-state index in [4.69, 9.17) is 0 Å². The number of nitrogens with zero attached hydrogens (tertiary/aromatic N) is 3. The van der Waals surface area contributed by atoms with Crippen molar-refractivity contribution in [3.63, 3.8) is 0 Å². The third-order valence-corrected chi connectivity index (χ3v) is 3.31. The molecule has 0 atom stereocenters. The number of anilines is 1. The monoisotopic (exact) mass is 236 g/mol. The summed E-state index contributed by atoms with van der Waals surface area (Å²) in [6.45, 7) is 2.99. The second kappa shape index (κ2) is 5.12. The average molecular weight is 236 g/mol. The van der Waals surface area contributed by atoms with E-state index in [-0.39, 0.29) is 0 Å². The largest absolute Gasteiger partial charge is 0.361 e. The van der Waals surface area contributed by atoms with E-state index in [1.807, 2.05) is 24.0 Å². The number of hydrogen-bond donors (Lipinski definition) is 1. The van der Waals surface area contributed by atoms with Gasteiger partial charge >= 0.3 is 0 Å². The van der Waals surface area contributed by atoms with E-state index in [1.54, 1.807) is 11.3 Å². The minimum Gasteiger partial charge on any atom is -0.361 e. The molecule has 0 bridgehead atoms. The van der Waals surface area contributed by atoms with Crippen LogP contribution in [0.4, 0.5) is 5.13 Å². The zero-order valence-electron chi connectivity index (χ0n) is 9.60. The van der Waals surface area contributed by atoms with E-state index in [0.29, 0.717) is 0 Å². The molecule has 86 valence electrons. The standard InChI is InChI=1S/C11H16N4S/c1-3-9-8-16-11(14-9)13-5-4-10-12-6-7-15(10)2/h6-8H,3-5H2,1-2H3,(H,13,14). The summed E-state index contributed by atoms with van der Waals surface area (Å²) in [5.41, 5.74) is 1.16. The number of thiazole rings is 1. The molecule has 0 aliphatic rings. The van der Waals surface area contributed by atoms with Crippen molar-refractivity contribution in [3.05, 3.63) is 29.3 Å². The second-order valence-electron chi connectivity index (χ2n) is 3.63. The van der Waals surface area contributed by atoms with Crippen LogP contribution in [0.2, 0.25) is 0 Å². The third kappa shape index (κ3) is 2.61. The molecule has 2 heterocycles. The molecule has 0 aliphatic carbocycles. The van der Waals surface area contributed by atoms with Crippen LogP contribution in [0, 0.1) is 0 Å². The van der Waals surface area contributed by atoms with Gasteiger partial charge in [0.25, 0.3) is 0 Å². The average Bonchev–Trinajstić information content (AvgIpc) is 2.89. The lowest BCUT2D eigenvalue weighted by Gasteiger charge is -2.02. The van der Waals surface area contributed by atoms with Gasteiger partial charge in [-0.25, -0.2) is 9.97 Å². The van der Waals surface area contributed by atoms with E-state index >= 15 is 0 Å². The molecule has 0 amide bonds. The van der Waals surface area contributed by atoms with Crippen LogP contribution < -0.4 is 5.32 Å². The maximum Gasteiger partial charge on any atom is 0.182 e. The maximum atomic E-state index is 4.45. The van der Waals surface area contributed by atoms with Crippen molar-refractivity contribution in [2.24, 2.45) is 7.05 Å².